The molecule has 1 fully saturated rings. The molecule has 338 valence electrons. The van der Waals surface area contributed by atoms with Gasteiger partial charge in [-0.05, 0) is 66.1 Å². The van der Waals surface area contributed by atoms with Gasteiger partial charge in [-0.1, -0.05) is 80.9 Å². The highest BCUT2D eigenvalue weighted by Gasteiger charge is 2.44. The molecule has 0 unspecified atom stereocenters. The number of β-amino-alcohol motifs (C(OH)–C–C–N with tert-alkyl or cyclic N) is 1. The Kier molecular flexibility index (Phi) is 15.8. The molecule has 5 aromatic rings. The number of aryl methyl sites for hydroxylation is 2. The minimum Gasteiger partial charge on any atom is -0.443 e. The van der Waals surface area contributed by atoms with Crippen LogP contribution >= 0.6 is 11.3 Å². The third kappa shape index (κ3) is 12.9. The van der Waals surface area contributed by atoms with E-state index in [1.54, 1.807) is 70.7 Å². The zero-order valence-electron chi connectivity index (χ0n) is 36.5. The third-order valence-electron chi connectivity index (χ3n) is 10.8. The maximum absolute atomic E-state index is 14.0. The number of nitrogens with one attached hydrogen (secondary N) is 4. The second-order valence-electron chi connectivity index (χ2n) is 16.9. The minimum absolute atomic E-state index is 0.00254. The van der Waals surface area contributed by atoms with Crippen molar-refractivity contribution in [2.45, 2.75) is 104 Å². The van der Waals surface area contributed by atoms with Crippen molar-refractivity contribution in [2.75, 3.05) is 17.6 Å². The molecule has 1 aliphatic rings. The highest BCUT2D eigenvalue weighted by molar-refractivity contribution is 7.13. The molecule has 0 radical (unpaired) electrons. The number of carbonyl (C=O) groups is 5. The number of aromatic nitrogens is 4. The van der Waals surface area contributed by atoms with E-state index in [4.69, 9.17) is 10.5 Å². The molecule has 3 aromatic carbocycles. The molecule has 5 amide bonds. The van der Waals surface area contributed by atoms with E-state index in [1.807, 2.05) is 57.5 Å². The highest BCUT2D eigenvalue weighted by Crippen LogP contribution is 2.29. The number of carbonyl (C=O) groups excluding carboxylic acids is 5. The van der Waals surface area contributed by atoms with Gasteiger partial charge in [-0.25, -0.2) is 9.78 Å². The van der Waals surface area contributed by atoms with Crippen molar-refractivity contribution in [1.82, 2.24) is 40.8 Å². The number of likely N-dealkylation sites (tertiary alicyclic amines) is 1. The normalized spacial score (nSPS) is 15.3. The van der Waals surface area contributed by atoms with Crippen LogP contribution in [0.25, 0.3) is 10.4 Å². The number of nitrogen functional groups attached to an aromatic ring is 1. The van der Waals surface area contributed by atoms with E-state index in [1.165, 1.54) is 4.90 Å². The van der Waals surface area contributed by atoms with E-state index in [2.05, 4.69) is 36.6 Å². The fourth-order valence-corrected chi connectivity index (χ4v) is 8.02. The highest BCUT2D eigenvalue weighted by atomic mass is 32.1. The Bertz CT molecular complexity index is 2390. The lowest BCUT2D eigenvalue weighted by Crippen LogP contribution is -2.57. The van der Waals surface area contributed by atoms with Crippen LogP contribution in [0.5, 0.6) is 0 Å². The van der Waals surface area contributed by atoms with Crippen molar-refractivity contribution in [2.24, 2.45) is 5.41 Å². The summed E-state index contributed by atoms with van der Waals surface area (Å²) in [5.41, 5.74) is 12.6. The number of hydrogen-bond donors (Lipinski definition) is 6. The second-order valence-corrected chi connectivity index (χ2v) is 17.8. The van der Waals surface area contributed by atoms with Gasteiger partial charge in [-0.15, -0.1) is 16.4 Å². The number of ether oxygens (including phenoxy) is 1. The number of amides is 5. The molecule has 6 rings (SSSR count). The van der Waals surface area contributed by atoms with Crippen molar-refractivity contribution in [1.29, 1.82) is 0 Å². The van der Waals surface area contributed by atoms with E-state index < -0.39 is 35.6 Å². The fourth-order valence-electron chi connectivity index (χ4n) is 7.21. The number of nitrogens with zero attached hydrogens (tertiary/aromatic N) is 5. The third-order valence-corrected chi connectivity index (χ3v) is 11.8. The monoisotopic (exact) mass is 892 g/mol. The lowest BCUT2D eigenvalue weighted by molar-refractivity contribution is -0.144. The minimum atomic E-state index is -0.908. The first-order chi connectivity index (χ1) is 30.6. The molecule has 0 aliphatic carbocycles. The van der Waals surface area contributed by atoms with Gasteiger partial charge in [0, 0.05) is 44.6 Å². The molecule has 64 heavy (non-hydrogen) atoms. The molecule has 2 aromatic heterocycles. The maximum Gasteiger partial charge on any atom is 0.407 e. The molecule has 0 bridgehead atoms. The lowest BCUT2D eigenvalue weighted by atomic mass is 9.85. The van der Waals surface area contributed by atoms with Crippen LogP contribution in [0, 0.1) is 12.3 Å². The summed E-state index contributed by atoms with van der Waals surface area (Å²) >= 11 is 1.57. The average molecular weight is 893 g/mol. The topological polar surface area (TPSA) is 236 Å². The maximum atomic E-state index is 14.0. The standard InChI is InChI=1S/C46H56N10O7S/c1-29-40(64-28-50-29)32-17-13-30(14-18-32)23-48-43(60)38-22-35(57)26-56(38)44(61)41(46(2,3)4)52-39(58)12-6-5-9-21-55-25-34(53-54-55)27-63-45(62)49-24-31-15-19-33(20-16-31)42(59)51-37-11-8-7-10-36(37)47/h7-8,10-11,13-20,25,28,35,38,41,57H,5-6,9,12,21-24,26-27,47H2,1-4H3,(H,48,60)(H,49,62)(H,51,59)(H,52,58)/t35-,38+,41-/m1/s1. The molecule has 3 heterocycles. The Morgan fingerprint density at radius 1 is 0.938 bits per heavy atom. The number of thiazole rings is 1. The van der Waals surface area contributed by atoms with Crippen molar-refractivity contribution in [3.05, 3.63) is 113 Å². The number of rotatable bonds is 18. The average Bonchev–Trinajstić information content (AvgIpc) is 4.03. The quantitative estimate of drug-likeness (QED) is 0.0485. The number of anilines is 2. The van der Waals surface area contributed by atoms with Gasteiger partial charge in [0.2, 0.25) is 17.7 Å². The molecule has 3 atom stereocenters. The first kappa shape index (κ1) is 46.8. The summed E-state index contributed by atoms with van der Waals surface area (Å²) in [5.74, 6) is -1.35. The van der Waals surface area contributed by atoms with E-state index in [0.29, 0.717) is 48.4 Å². The van der Waals surface area contributed by atoms with Gasteiger partial charge in [0.25, 0.3) is 5.91 Å². The Hall–Kier alpha value is -6.66. The van der Waals surface area contributed by atoms with Crippen molar-refractivity contribution in [3.63, 3.8) is 0 Å². The van der Waals surface area contributed by atoms with Crippen molar-refractivity contribution < 1.29 is 33.8 Å². The number of nitrogens with two attached hydrogens (primary N) is 1. The van der Waals surface area contributed by atoms with Crippen LogP contribution in [0.1, 0.15) is 85.7 Å². The van der Waals surface area contributed by atoms with E-state index >= 15 is 0 Å². The number of unbranched alkanes of at least 4 members (excludes halogenated alkanes) is 2. The number of aliphatic hydroxyl groups is 1. The lowest BCUT2D eigenvalue weighted by Gasteiger charge is -2.35. The molecule has 1 aliphatic heterocycles. The SMILES string of the molecule is Cc1ncsc1-c1ccc(CNC(=O)[C@@H]2C[C@@H](O)CN2C(=O)[C@@H](NC(=O)CCCCCn2cc(COC(=O)NCc3ccc(C(=O)Nc4ccccc4N)cc3)nn2)C(C)(C)C)cc1. The number of aliphatic hydroxyl groups excluding tert-OH is 1. The van der Waals surface area contributed by atoms with E-state index in [0.717, 1.165) is 27.3 Å². The van der Waals surface area contributed by atoms with Crippen molar-refractivity contribution in [3.8, 4) is 10.4 Å². The summed E-state index contributed by atoms with van der Waals surface area (Å²) in [4.78, 5) is 72.3. The van der Waals surface area contributed by atoms with Crippen LogP contribution in [0.4, 0.5) is 16.2 Å². The molecular weight excluding hydrogens is 837 g/mol. The number of para-hydroxylation sites is 2. The Morgan fingerprint density at radius 3 is 2.33 bits per heavy atom. The first-order valence-electron chi connectivity index (χ1n) is 21.2. The van der Waals surface area contributed by atoms with Crippen LogP contribution in [0.15, 0.2) is 84.5 Å². The van der Waals surface area contributed by atoms with Gasteiger partial charge in [-0.2, -0.15) is 0 Å². The Morgan fingerprint density at radius 2 is 1.64 bits per heavy atom. The summed E-state index contributed by atoms with van der Waals surface area (Å²) in [6.07, 6.45) is 2.48. The van der Waals surface area contributed by atoms with Crippen LogP contribution in [0.3, 0.4) is 0 Å². The zero-order valence-corrected chi connectivity index (χ0v) is 37.3. The predicted octanol–water partition coefficient (Wildman–Crippen LogP) is 5.34. The summed E-state index contributed by atoms with van der Waals surface area (Å²) in [5, 5.41) is 30.0. The number of benzene rings is 3. The number of alkyl carbamates (subject to hydrolysis) is 1. The van der Waals surface area contributed by atoms with Gasteiger partial charge >= 0.3 is 6.09 Å². The Labute approximate surface area is 376 Å². The largest absolute Gasteiger partial charge is 0.443 e. The van der Waals surface area contributed by atoms with Gasteiger partial charge < -0.3 is 41.7 Å². The molecule has 1 saturated heterocycles. The van der Waals surface area contributed by atoms with Gasteiger partial charge in [0.05, 0.1) is 39.8 Å². The molecule has 18 heteroatoms. The summed E-state index contributed by atoms with van der Waals surface area (Å²) < 4.78 is 6.94. The van der Waals surface area contributed by atoms with Gasteiger partial charge in [-0.3, -0.25) is 23.9 Å². The Balaban J connectivity index is 0.877. The molecule has 7 N–H and O–H groups in total. The molecule has 0 spiro atoms. The predicted molar refractivity (Wildman–Crippen MR) is 242 cm³/mol. The molecule has 0 saturated carbocycles. The fraction of sp³-hybridized carbons (Fsp3) is 0.391. The zero-order chi connectivity index (χ0) is 45.8. The first-order valence-corrected chi connectivity index (χ1v) is 22.1. The van der Waals surface area contributed by atoms with Crippen LogP contribution in [0.2, 0.25) is 0 Å². The number of hydrogen-bond acceptors (Lipinski definition) is 12. The molecular formula is C46H56N10O7S. The van der Waals surface area contributed by atoms with Crippen LogP contribution in [-0.4, -0.2) is 84.4 Å². The summed E-state index contributed by atoms with van der Waals surface area (Å²) in [6, 6.07) is 19.9. The van der Waals surface area contributed by atoms with Gasteiger partial charge in [0.1, 0.15) is 24.4 Å². The summed E-state index contributed by atoms with van der Waals surface area (Å²) in [6.45, 7) is 8.44. The van der Waals surface area contributed by atoms with Crippen LogP contribution < -0.4 is 27.0 Å². The summed E-state index contributed by atoms with van der Waals surface area (Å²) in [7, 11) is 0. The second kappa shape index (κ2) is 21.6. The van der Waals surface area contributed by atoms with Crippen LogP contribution in [-0.2, 0) is 45.4 Å². The van der Waals surface area contributed by atoms with E-state index in [9.17, 15) is 29.1 Å². The smallest absolute Gasteiger partial charge is 0.407 e. The van der Waals surface area contributed by atoms with E-state index in [-0.39, 0.29) is 56.8 Å². The van der Waals surface area contributed by atoms with Gasteiger partial charge in [0.15, 0.2) is 0 Å². The molecule has 17 nitrogen and oxygen atoms in total. The van der Waals surface area contributed by atoms with Crippen molar-refractivity contribution >= 4 is 52.4 Å².